The van der Waals surface area contributed by atoms with Crippen molar-refractivity contribution in [2.75, 3.05) is 17.3 Å². The van der Waals surface area contributed by atoms with Gasteiger partial charge in [0.15, 0.2) is 0 Å². The maximum absolute atomic E-state index is 12.8. The van der Waals surface area contributed by atoms with Crippen LogP contribution in [0.4, 0.5) is 5.69 Å². The molecule has 1 aliphatic carbocycles. The molecule has 0 N–H and O–H groups in total. The van der Waals surface area contributed by atoms with E-state index in [-0.39, 0.29) is 11.8 Å². The number of alkyl halides is 1. The minimum Gasteiger partial charge on any atom is -0.312 e. The van der Waals surface area contributed by atoms with E-state index in [4.69, 9.17) is 23.2 Å². The topological polar surface area (TPSA) is 20.3 Å². The van der Waals surface area contributed by atoms with Gasteiger partial charge >= 0.3 is 0 Å². The Bertz CT molecular complexity index is 484. The SMILES string of the molecule is Cc1ccc(N(CCCCl)C(=O)C2CCCCC2)cc1Cl. The highest BCUT2D eigenvalue weighted by molar-refractivity contribution is 6.31. The maximum Gasteiger partial charge on any atom is 0.230 e. The molecule has 0 aliphatic heterocycles. The lowest BCUT2D eigenvalue weighted by Gasteiger charge is -2.29. The molecule has 1 saturated carbocycles. The fourth-order valence-corrected chi connectivity index (χ4v) is 3.20. The Morgan fingerprint density at radius 2 is 2.00 bits per heavy atom. The van der Waals surface area contributed by atoms with Gasteiger partial charge in [0.2, 0.25) is 5.91 Å². The van der Waals surface area contributed by atoms with Crippen LogP contribution in [0.2, 0.25) is 5.02 Å². The number of anilines is 1. The Balaban J connectivity index is 2.19. The van der Waals surface area contributed by atoms with Crippen molar-refractivity contribution >= 4 is 34.8 Å². The molecule has 116 valence electrons. The standard InChI is InChI=1S/C17H23Cl2NO/c1-13-8-9-15(12-16(13)19)20(11-5-10-18)17(21)14-6-3-2-4-7-14/h8-9,12,14H,2-7,10-11H2,1H3. The number of nitrogens with zero attached hydrogens (tertiary/aromatic N) is 1. The van der Waals surface area contributed by atoms with E-state index in [0.717, 1.165) is 43.4 Å². The Morgan fingerprint density at radius 3 is 2.62 bits per heavy atom. The maximum atomic E-state index is 12.8. The van der Waals surface area contributed by atoms with Crippen LogP contribution in [0.5, 0.6) is 0 Å². The van der Waals surface area contributed by atoms with Crippen molar-refractivity contribution in [3.63, 3.8) is 0 Å². The summed E-state index contributed by atoms with van der Waals surface area (Å²) in [5, 5.41) is 0.708. The highest BCUT2D eigenvalue weighted by Gasteiger charge is 2.26. The highest BCUT2D eigenvalue weighted by Crippen LogP contribution is 2.29. The average molecular weight is 328 g/mol. The zero-order chi connectivity index (χ0) is 15.2. The number of benzene rings is 1. The van der Waals surface area contributed by atoms with Crippen molar-refractivity contribution in [3.05, 3.63) is 28.8 Å². The van der Waals surface area contributed by atoms with E-state index in [2.05, 4.69) is 0 Å². The molecule has 2 nitrogen and oxygen atoms in total. The van der Waals surface area contributed by atoms with Gasteiger partial charge in [-0.05, 0) is 43.9 Å². The fourth-order valence-electron chi connectivity index (χ4n) is 2.90. The molecule has 4 heteroatoms. The molecule has 0 spiro atoms. The second kappa shape index (κ2) is 8.05. The summed E-state index contributed by atoms with van der Waals surface area (Å²) in [5.74, 6) is 0.961. The lowest BCUT2D eigenvalue weighted by molar-refractivity contribution is -0.123. The highest BCUT2D eigenvalue weighted by atomic mass is 35.5. The van der Waals surface area contributed by atoms with Crippen molar-refractivity contribution in [2.45, 2.75) is 45.4 Å². The van der Waals surface area contributed by atoms with Crippen LogP contribution in [-0.4, -0.2) is 18.3 Å². The van der Waals surface area contributed by atoms with Crippen LogP contribution < -0.4 is 4.90 Å². The minimum absolute atomic E-state index is 0.161. The van der Waals surface area contributed by atoms with Crippen molar-refractivity contribution in [1.82, 2.24) is 0 Å². The Kier molecular flexibility index (Phi) is 6.38. The first kappa shape index (κ1) is 16.6. The van der Waals surface area contributed by atoms with Gasteiger partial charge in [-0.15, -0.1) is 11.6 Å². The number of hydrogen-bond donors (Lipinski definition) is 0. The predicted molar refractivity (Wildman–Crippen MR) is 90.5 cm³/mol. The van der Waals surface area contributed by atoms with E-state index in [1.807, 2.05) is 30.0 Å². The van der Waals surface area contributed by atoms with Gasteiger partial charge in [-0.3, -0.25) is 4.79 Å². The Hall–Kier alpha value is -0.730. The molecular weight excluding hydrogens is 305 g/mol. The molecule has 0 aromatic heterocycles. The lowest BCUT2D eigenvalue weighted by Crippen LogP contribution is -2.38. The van der Waals surface area contributed by atoms with Gasteiger partial charge in [-0.2, -0.15) is 0 Å². The van der Waals surface area contributed by atoms with E-state index in [9.17, 15) is 4.79 Å². The molecule has 1 aromatic rings. The third kappa shape index (κ3) is 4.37. The smallest absolute Gasteiger partial charge is 0.230 e. The van der Waals surface area contributed by atoms with Gasteiger partial charge in [0.05, 0.1) is 0 Å². The fraction of sp³-hybridized carbons (Fsp3) is 0.588. The number of carbonyl (C=O) groups is 1. The van der Waals surface area contributed by atoms with Gasteiger partial charge in [-0.1, -0.05) is 36.9 Å². The number of hydrogen-bond acceptors (Lipinski definition) is 1. The van der Waals surface area contributed by atoms with Gasteiger partial charge < -0.3 is 4.90 Å². The van der Waals surface area contributed by atoms with Crippen molar-refractivity contribution in [1.29, 1.82) is 0 Å². The van der Waals surface area contributed by atoms with Crippen LogP contribution >= 0.6 is 23.2 Å². The summed E-state index contributed by atoms with van der Waals surface area (Å²) in [7, 11) is 0. The molecule has 0 heterocycles. The summed E-state index contributed by atoms with van der Waals surface area (Å²) >= 11 is 12.0. The summed E-state index contributed by atoms with van der Waals surface area (Å²) in [4.78, 5) is 14.7. The van der Waals surface area contributed by atoms with E-state index in [1.165, 1.54) is 6.42 Å². The summed E-state index contributed by atoms with van der Waals surface area (Å²) in [6.07, 6.45) is 6.39. The first-order valence-corrected chi connectivity index (χ1v) is 8.68. The first-order chi connectivity index (χ1) is 10.1. The summed E-state index contributed by atoms with van der Waals surface area (Å²) < 4.78 is 0. The van der Waals surface area contributed by atoms with Crippen molar-refractivity contribution in [2.24, 2.45) is 5.92 Å². The number of halogens is 2. The van der Waals surface area contributed by atoms with Crippen molar-refractivity contribution in [3.8, 4) is 0 Å². The minimum atomic E-state index is 0.161. The second-order valence-corrected chi connectivity index (χ2v) is 6.59. The van der Waals surface area contributed by atoms with Gasteiger partial charge in [0, 0.05) is 29.1 Å². The van der Waals surface area contributed by atoms with Crippen LogP contribution in [0.15, 0.2) is 18.2 Å². The van der Waals surface area contributed by atoms with E-state index < -0.39 is 0 Å². The number of rotatable bonds is 5. The lowest BCUT2D eigenvalue weighted by atomic mass is 9.88. The first-order valence-electron chi connectivity index (χ1n) is 7.77. The number of aryl methyl sites for hydroxylation is 1. The molecule has 0 unspecified atom stereocenters. The zero-order valence-electron chi connectivity index (χ0n) is 12.6. The molecule has 1 amide bonds. The zero-order valence-corrected chi connectivity index (χ0v) is 14.1. The third-order valence-corrected chi connectivity index (χ3v) is 4.88. The molecule has 0 radical (unpaired) electrons. The van der Waals surface area contributed by atoms with Crippen LogP contribution in [0.25, 0.3) is 0 Å². The molecule has 1 aliphatic rings. The third-order valence-electron chi connectivity index (χ3n) is 4.20. The van der Waals surface area contributed by atoms with Gasteiger partial charge in [0.1, 0.15) is 0 Å². The van der Waals surface area contributed by atoms with Crippen LogP contribution in [0.1, 0.15) is 44.1 Å². The molecule has 1 aromatic carbocycles. The Morgan fingerprint density at radius 1 is 1.29 bits per heavy atom. The predicted octanol–water partition coefficient (Wildman–Crippen LogP) is 5.19. The summed E-state index contributed by atoms with van der Waals surface area (Å²) in [5.41, 5.74) is 1.93. The molecule has 1 fully saturated rings. The molecule has 0 bridgehead atoms. The molecular formula is C17H23Cl2NO. The number of amides is 1. The van der Waals surface area contributed by atoms with Crippen LogP contribution in [0.3, 0.4) is 0 Å². The summed E-state index contributed by atoms with van der Waals surface area (Å²) in [6.45, 7) is 2.64. The second-order valence-electron chi connectivity index (χ2n) is 5.80. The average Bonchev–Trinajstić information content (AvgIpc) is 2.51. The molecule has 21 heavy (non-hydrogen) atoms. The van der Waals surface area contributed by atoms with Crippen LogP contribution in [0, 0.1) is 12.8 Å². The monoisotopic (exact) mass is 327 g/mol. The molecule has 0 saturated heterocycles. The molecule has 0 atom stereocenters. The largest absolute Gasteiger partial charge is 0.312 e. The van der Waals surface area contributed by atoms with Crippen molar-refractivity contribution < 1.29 is 4.79 Å². The normalized spacial score (nSPS) is 16.0. The Labute approximate surface area is 137 Å². The van der Waals surface area contributed by atoms with Gasteiger partial charge in [-0.25, -0.2) is 0 Å². The van der Waals surface area contributed by atoms with E-state index in [0.29, 0.717) is 17.4 Å². The quantitative estimate of drug-likeness (QED) is 0.681. The van der Waals surface area contributed by atoms with E-state index >= 15 is 0 Å². The van der Waals surface area contributed by atoms with Crippen LogP contribution in [-0.2, 0) is 4.79 Å². The van der Waals surface area contributed by atoms with E-state index in [1.54, 1.807) is 0 Å². The molecule has 2 rings (SSSR count). The van der Waals surface area contributed by atoms with Gasteiger partial charge in [0.25, 0.3) is 0 Å². The summed E-state index contributed by atoms with van der Waals surface area (Å²) in [6, 6.07) is 5.85. The number of carbonyl (C=O) groups excluding carboxylic acids is 1.